The van der Waals surface area contributed by atoms with Gasteiger partial charge in [-0.1, -0.05) is 18.7 Å². The number of aryl methyl sites for hydroxylation is 2. The number of benzene rings is 1. The van der Waals surface area contributed by atoms with E-state index in [9.17, 15) is 4.79 Å². The lowest BCUT2D eigenvalue weighted by molar-refractivity contribution is -0.126. The van der Waals surface area contributed by atoms with Gasteiger partial charge >= 0.3 is 6.01 Å². The second-order valence-electron chi connectivity index (χ2n) is 8.58. The van der Waals surface area contributed by atoms with Gasteiger partial charge in [-0.05, 0) is 36.8 Å². The van der Waals surface area contributed by atoms with E-state index in [4.69, 9.17) is 9.72 Å². The van der Waals surface area contributed by atoms with Gasteiger partial charge in [0.25, 0.3) is 0 Å². The van der Waals surface area contributed by atoms with Crippen molar-refractivity contribution in [2.45, 2.75) is 6.92 Å². The van der Waals surface area contributed by atoms with Crippen molar-refractivity contribution in [3.63, 3.8) is 0 Å². The highest BCUT2D eigenvalue weighted by molar-refractivity contribution is 5.87. The first-order valence-corrected chi connectivity index (χ1v) is 11.9. The van der Waals surface area contributed by atoms with Crippen LogP contribution in [0.25, 0.3) is 11.1 Å². The molecule has 0 radical (unpaired) electrons. The summed E-state index contributed by atoms with van der Waals surface area (Å²) in [6.07, 6.45) is 8.40. The average Bonchev–Trinajstić information content (AvgIpc) is 3.33. The fraction of sp³-hybridized carbons (Fsp3) is 0.231. The normalized spacial score (nSPS) is 13.4. The van der Waals surface area contributed by atoms with Gasteiger partial charge in [-0.2, -0.15) is 10.1 Å². The quantitative estimate of drug-likeness (QED) is 0.384. The monoisotopic (exact) mass is 497 g/mol. The van der Waals surface area contributed by atoms with Crippen LogP contribution in [0, 0.1) is 6.92 Å². The van der Waals surface area contributed by atoms with Crippen LogP contribution in [-0.2, 0) is 11.8 Å². The average molecular weight is 498 g/mol. The first kappa shape index (κ1) is 23.9. The van der Waals surface area contributed by atoms with Crippen molar-refractivity contribution in [2.75, 3.05) is 36.4 Å². The Hall–Kier alpha value is -4.80. The van der Waals surface area contributed by atoms with Crippen LogP contribution in [-0.4, -0.2) is 66.7 Å². The highest BCUT2D eigenvalue weighted by Gasteiger charge is 2.23. The number of carbonyl (C=O) groups excluding carboxylic acids is 1. The van der Waals surface area contributed by atoms with E-state index in [0.717, 1.165) is 28.3 Å². The van der Waals surface area contributed by atoms with E-state index in [1.807, 2.05) is 56.7 Å². The molecule has 3 aromatic heterocycles. The highest BCUT2D eigenvalue weighted by Crippen LogP contribution is 2.32. The van der Waals surface area contributed by atoms with Crippen LogP contribution in [0.2, 0.25) is 0 Å². The van der Waals surface area contributed by atoms with Gasteiger partial charge in [0.15, 0.2) is 0 Å². The molecule has 37 heavy (non-hydrogen) atoms. The number of rotatable bonds is 7. The Morgan fingerprint density at radius 1 is 1.05 bits per heavy atom. The van der Waals surface area contributed by atoms with Gasteiger partial charge in [-0.3, -0.25) is 9.48 Å². The van der Waals surface area contributed by atoms with Crippen molar-refractivity contribution in [1.82, 2.24) is 34.6 Å². The smallest absolute Gasteiger partial charge is 0.322 e. The molecule has 4 aromatic rings. The molecular formula is C26H27N9O2. The summed E-state index contributed by atoms with van der Waals surface area (Å²) in [4.78, 5) is 33.9. The maximum absolute atomic E-state index is 12.1. The maximum atomic E-state index is 12.1. The second kappa shape index (κ2) is 10.4. The predicted molar refractivity (Wildman–Crippen MR) is 140 cm³/mol. The summed E-state index contributed by atoms with van der Waals surface area (Å²) in [5, 5.41) is 7.40. The molecule has 0 aliphatic carbocycles. The first-order valence-electron chi connectivity index (χ1n) is 11.9. The number of aromatic nitrogens is 6. The molecule has 1 N–H and O–H groups in total. The molecule has 1 aliphatic heterocycles. The van der Waals surface area contributed by atoms with Crippen molar-refractivity contribution < 1.29 is 9.53 Å². The molecule has 1 saturated heterocycles. The van der Waals surface area contributed by atoms with E-state index in [1.54, 1.807) is 22.0 Å². The fourth-order valence-corrected chi connectivity index (χ4v) is 4.04. The molecule has 0 bridgehead atoms. The number of nitrogens with one attached hydrogen (secondary N) is 1. The van der Waals surface area contributed by atoms with E-state index in [1.165, 1.54) is 6.08 Å². The molecule has 11 nitrogen and oxygen atoms in total. The molecule has 4 heterocycles. The van der Waals surface area contributed by atoms with Crippen LogP contribution in [0.15, 0.2) is 67.8 Å². The molecule has 188 valence electrons. The topological polar surface area (TPSA) is 114 Å². The van der Waals surface area contributed by atoms with Gasteiger partial charge in [0.1, 0.15) is 11.6 Å². The summed E-state index contributed by atoms with van der Waals surface area (Å²) in [7, 11) is 1.85. The van der Waals surface area contributed by atoms with Crippen molar-refractivity contribution in [2.24, 2.45) is 7.05 Å². The van der Waals surface area contributed by atoms with Crippen molar-refractivity contribution in [3.8, 4) is 22.9 Å². The molecule has 11 heteroatoms. The molecule has 1 aromatic carbocycles. The summed E-state index contributed by atoms with van der Waals surface area (Å²) >= 11 is 0. The van der Waals surface area contributed by atoms with Crippen LogP contribution in [0.3, 0.4) is 0 Å². The largest absolute Gasteiger partial charge is 0.424 e. The second-order valence-corrected chi connectivity index (χ2v) is 8.58. The van der Waals surface area contributed by atoms with Gasteiger partial charge in [-0.15, -0.1) is 0 Å². The zero-order valence-electron chi connectivity index (χ0n) is 20.7. The Balaban J connectivity index is 1.42. The van der Waals surface area contributed by atoms with Crippen LogP contribution in [0.4, 0.5) is 17.5 Å². The number of hydrogen-bond acceptors (Lipinski definition) is 9. The number of amides is 1. The predicted octanol–water partition coefficient (Wildman–Crippen LogP) is 3.35. The molecule has 0 spiro atoms. The number of hydrogen-bond donors (Lipinski definition) is 1. The van der Waals surface area contributed by atoms with Crippen LogP contribution >= 0.6 is 0 Å². The fourth-order valence-electron chi connectivity index (χ4n) is 4.04. The van der Waals surface area contributed by atoms with E-state index in [-0.39, 0.29) is 5.91 Å². The van der Waals surface area contributed by atoms with E-state index < -0.39 is 0 Å². The number of piperazine rings is 1. The van der Waals surface area contributed by atoms with Gasteiger partial charge in [-0.25, -0.2) is 15.0 Å². The lowest BCUT2D eigenvalue weighted by Crippen LogP contribution is -2.48. The van der Waals surface area contributed by atoms with Gasteiger partial charge in [0.2, 0.25) is 11.9 Å². The van der Waals surface area contributed by atoms with E-state index in [2.05, 4.69) is 36.8 Å². The van der Waals surface area contributed by atoms with E-state index in [0.29, 0.717) is 43.9 Å². The molecule has 1 fully saturated rings. The minimum absolute atomic E-state index is 0.0605. The molecule has 0 unspecified atom stereocenters. The number of nitrogens with zero attached hydrogens (tertiary/aromatic N) is 8. The molecular weight excluding hydrogens is 470 g/mol. The molecule has 1 aliphatic rings. The molecule has 0 atom stereocenters. The van der Waals surface area contributed by atoms with Crippen molar-refractivity contribution in [1.29, 1.82) is 0 Å². The third kappa shape index (κ3) is 5.56. The zero-order chi connectivity index (χ0) is 25.8. The minimum atomic E-state index is -0.0605. The number of anilines is 3. The zero-order valence-corrected chi connectivity index (χ0v) is 20.7. The van der Waals surface area contributed by atoms with Gasteiger partial charge < -0.3 is 19.9 Å². The number of ether oxygens (including phenoxy) is 1. The van der Waals surface area contributed by atoms with E-state index >= 15 is 0 Å². The summed E-state index contributed by atoms with van der Waals surface area (Å²) in [6.45, 7) is 7.94. The lowest BCUT2D eigenvalue weighted by atomic mass is 10.1. The summed E-state index contributed by atoms with van der Waals surface area (Å²) in [5.41, 5.74) is 3.43. The summed E-state index contributed by atoms with van der Waals surface area (Å²) in [6, 6.07) is 9.77. The molecule has 5 rings (SSSR count). The SMILES string of the molecule is C=CC(=O)N1CCN(c2nc(Nc3cnn(C)c3)ncc2-c2ccc(Oc3nccc(C)n3)cc2)CC1. The summed E-state index contributed by atoms with van der Waals surface area (Å²) in [5.74, 6) is 1.81. The summed E-state index contributed by atoms with van der Waals surface area (Å²) < 4.78 is 7.51. The first-order chi connectivity index (χ1) is 18.0. The third-order valence-corrected chi connectivity index (χ3v) is 5.94. The third-order valence-electron chi connectivity index (χ3n) is 5.94. The Labute approximate surface area is 214 Å². The van der Waals surface area contributed by atoms with Crippen LogP contribution in [0.1, 0.15) is 5.69 Å². The van der Waals surface area contributed by atoms with Crippen molar-refractivity contribution >= 4 is 23.4 Å². The highest BCUT2D eigenvalue weighted by atomic mass is 16.5. The lowest BCUT2D eigenvalue weighted by Gasteiger charge is -2.35. The Morgan fingerprint density at radius 3 is 2.51 bits per heavy atom. The Kier molecular flexibility index (Phi) is 6.75. The Bertz CT molecular complexity index is 1410. The molecule has 1 amide bonds. The number of carbonyl (C=O) groups is 1. The van der Waals surface area contributed by atoms with Gasteiger partial charge in [0, 0.05) is 63.1 Å². The maximum Gasteiger partial charge on any atom is 0.322 e. The minimum Gasteiger partial charge on any atom is -0.424 e. The molecule has 0 saturated carbocycles. The Morgan fingerprint density at radius 2 is 1.84 bits per heavy atom. The van der Waals surface area contributed by atoms with Crippen molar-refractivity contribution in [3.05, 3.63) is 73.5 Å². The van der Waals surface area contributed by atoms with Gasteiger partial charge in [0.05, 0.1) is 11.9 Å². The van der Waals surface area contributed by atoms with Crippen LogP contribution < -0.4 is 15.0 Å². The standard InChI is InChI=1S/C26H27N9O2/c1-4-23(36)34-11-13-35(14-12-34)24-22(16-28-25(32-24)31-20-15-29-33(3)17-20)19-5-7-21(8-6-19)37-26-27-10-9-18(2)30-26/h4-10,15-17H,1,11-14H2,2-3H3,(H,28,31,32). The van der Waals surface area contributed by atoms with Crippen LogP contribution in [0.5, 0.6) is 11.8 Å².